The first-order valence-electron chi connectivity index (χ1n) is 6.60. The van der Waals surface area contributed by atoms with Gasteiger partial charge in [0.15, 0.2) is 0 Å². The second kappa shape index (κ2) is 8.71. The maximum Gasteiger partial charge on any atom is 0.356 e. The Morgan fingerprint density at radius 1 is 1.19 bits per heavy atom. The van der Waals surface area contributed by atoms with E-state index in [1.54, 1.807) is 37.3 Å². The molecule has 0 fully saturated rings. The number of hydrogen-bond acceptors (Lipinski definition) is 7. The first-order chi connectivity index (χ1) is 10.0. The summed E-state index contributed by atoms with van der Waals surface area (Å²) in [6.07, 6.45) is -2.60. The van der Waals surface area contributed by atoms with E-state index in [4.69, 9.17) is 9.94 Å². The molecule has 0 aliphatic carbocycles. The maximum atomic E-state index is 11.7. The van der Waals surface area contributed by atoms with E-state index in [0.29, 0.717) is 5.56 Å². The van der Waals surface area contributed by atoms with Crippen LogP contribution >= 0.6 is 0 Å². The highest BCUT2D eigenvalue weighted by Gasteiger charge is 2.29. The lowest BCUT2D eigenvalue weighted by molar-refractivity contribution is -0.0682. The molecular weight excluding hydrogens is 278 g/mol. The van der Waals surface area contributed by atoms with Gasteiger partial charge in [0, 0.05) is 5.92 Å². The van der Waals surface area contributed by atoms with Gasteiger partial charge >= 0.3 is 5.97 Å². The number of carbonyl (C=O) groups is 1. The van der Waals surface area contributed by atoms with E-state index in [0.717, 1.165) is 0 Å². The third kappa shape index (κ3) is 5.07. The highest BCUT2D eigenvalue weighted by atomic mass is 16.7. The van der Waals surface area contributed by atoms with Crippen LogP contribution in [0.25, 0.3) is 0 Å². The molecule has 0 saturated heterocycles. The lowest BCUT2D eigenvalue weighted by Crippen LogP contribution is -2.48. The fraction of sp³-hybridized carbons (Fsp3) is 0.500. The molecule has 0 aliphatic heterocycles. The van der Waals surface area contributed by atoms with E-state index in [2.05, 4.69) is 5.48 Å². The molecule has 0 amide bonds. The van der Waals surface area contributed by atoms with E-state index >= 15 is 0 Å². The summed E-state index contributed by atoms with van der Waals surface area (Å²) in [5.41, 5.74) is 2.71. The SMILES string of the molecule is C[C@@H]([C@H](O)[C@H](O)CO)[C@H](CO)NOC(=O)c1ccccc1. The minimum atomic E-state index is -1.33. The number of rotatable bonds is 8. The molecule has 5 N–H and O–H groups in total. The summed E-state index contributed by atoms with van der Waals surface area (Å²) in [6, 6.07) is 7.50. The topological polar surface area (TPSA) is 119 Å². The third-order valence-corrected chi connectivity index (χ3v) is 3.26. The molecule has 4 atom stereocenters. The summed E-state index contributed by atoms with van der Waals surface area (Å²) >= 11 is 0. The zero-order chi connectivity index (χ0) is 15.8. The number of aliphatic hydroxyl groups is 4. The second-order valence-corrected chi connectivity index (χ2v) is 4.76. The molecule has 7 nitrogen and oxygen atoms in total. The summed E-state index contributed by atoms with van der Waals surface area (Å²) in [6.45, 7) is 0.527. The van der Waals surface area contributed by atoms with Gasteiger partial charge in [-0.2, -0.15) is 0 Å². The molecule has 1 rings (SSSR count). The molecule has 0 aliphatic rings. The molecule has 0 unspecified atom stereocenters. The predicted octanol–water partition coefficient (Wildman–Crippen LogP) is -0.941. The zero-order valence-corrected chi connectivity index (χ0v) is 11.7. The van der Waals surface area contributed by atoms with Gasteiger partial charge in [-0.15, -0.1) is 5.48 Å². The summed E-state index contributed by atoms with van der Waals surface area (Å²) in [5.74, 6) is -1.28. The molecule has 0 radical (unpaired) electrons. The number of hydrogen-bond donors (Lipinski definition) is 5. The molecule has 7 heteroatoms. The standard InChI is InChI=1S/C14H21NO6/c1-9(13(19)12(18)8-17)11(7-16)15-21-14(20)10-5-3-2-4-6-10/h2-6,9,11-13,15-19H,7-8H2,1H3/t9-,11+,12-,13+/m1/s1. The Kier molecular flexibility index (Phi) is 7.27. The number of nitrogens with one attached hydrogen (secondary N) is 1. The van der Waals surface area contributed by atoms with Crippen molar-refractivity contribution in [1.29, 1.82) is 0 Å². The second-order valence-electron chi connectivity index (χ2n) is 4.76. The number of aliphatic hydroxyl groups excluding tert-OH is 4. The van der Waals surface area contributed by atoms with Crippen LogP contribution in [0.2, 0.25) is 0 Å². The summed E-state index contributed by atoms with van der Waals surface area (Å²) in [5, 5.41) is 37.2. The Labute approximate surface area is 122 Å². The van der Waals surface area contributed by atoms with Gasteiger partial charge in [-0.3, -0.25) is 0 Å². The van der Waals surface area contributed by atoms with E-state index in [1.807, 2.05) is 0 Å². The molecule has 0 aromatic heterocycles. The average molecular weight is 299 g/mol. The van der Waals surface area contributed by atoms with Gasteiger partial charge in [-0.05, 0) is 12.1 Å². The molecule has 1 aromatic rings. The largest absolute Gasteiger partial charge is 0.395 e. The predicted molar refractivity (Wildman–Crippen MR) is 74.1 cm³/mol. The lowest BCUT2D eigenvalue weighted by atomic mass is 9.93. The van der Waals surface area contributed by atoms with Gasteiger partial charge < -0.3 is 25.3 Å². The van der Waals surface area contributed by atoms with Crippen molar-refractivity contribution in [2.75, 3.05) is 13.2 Å². The van der Waals surface area contributed by atoms with Crippen molar-refractivity contribution in [3.05, 3.63) is 35.9 Å². The van der Waals surface area contributed by atoms with Crippen LogP contribution in [0.3, 0.4) is 0 Å². The fourth-order valence-electron chi connectivity index (χ4n) is 1.77. The van der Waals surface area contributed by atoms with Crippen molar-refractivity contribution < 1.29 is 30.1 Å². The summed E-state index contributed by atoms with van der Waals surface area (Å²) < 4.78 is 0. The summed E-state index contributed by atoms with van der Waals surface area (Å²) in [7, 11) is 0. The van der Waals surface area contributed by atoms with Crippen molar-refractivity contribution in [3.8, 4) is 0 Å². The summed E-state index contributed by atoms with van der Waals surface area (Å²) in [4.78, 5) is 16.6. The van der Waals surface area contributed by atoms with Crippen LogP contribution in [0.15, 0.2) is 30.3 Å². The van der Waals surface area contributed by atoms with Crippen molar-refractivity contribution in [3.63, 3.8) is 0 Å². The van der Waals surface area contributed by atoms with E-state index in [9.17, 15) is 20.1 Å². The van der Waals surface area contributed by atoms with Crippen molar-refractivity contribution in [2.45, 2.75) is 25.2 Å². The monoisotopic (exact) mass is 299 g/mol. The smallest absolute Gasteiger partial charge is 0.356 e. The highest BCUT2D eigenvalue weighted by molar-refractivity contribution is 5.89. The van der Waals surface area contributed by atoms with Crippen LogP contribution in [-0.4, -0.2) is 57.9 Å². The van der Waals surface area contributed by atoms with Gasteiger partial charge in [-0.25, -0.2) is 4.79 Å². The van der Waals surface area contributed by atoms with Crippen molar-refractivity contribution in [1.82, 2.24) is 5.48 Å². The van der Waals surface area contributed by atoms with Gasteiger partial charge in [-0.1, -0.05) is 25.1 Å². The van der Waals surface area contributed by atoms with Crippen LogP contribution in [0.1, 0.15) is 17.3 Å². The van der Waals surface area contributed by atoms with Crippen LogP contribution in [-0.2, 0) is 4.84 Å². The third-order valence-electron chi connectivity index (χ3n) is 3.26. The Bertz CT molecular complexity index is 427. The van der Waals surface area contributed by atoms with Gasteiger partial charge in [0.25, 0.3) is 0 Å². The van der Waals surface area contributed by atoms with Crippen LogP contribution in [0.4, 0.5) is 0 Å². The van der Waals surface area contributed by atoms with E-state index in [1.165, 1.54) is 0 Å². The molecule has 0 spiro atoms. The quantitative estimate of drug-likeness (QED) is 0.393. The number of carbonyl (C=O) groups excluding carboxylic acids is 1. The molecule has 0 bridgehead atoms. The van der Waals surface area contributed by atoms with Gasteiger partial charge in [0.1, 0.15) is 6.10 Å². The zero-order valence-electron chi connectivity index (χ0n) is 11.7. The van der Waals surface area contributed by atoms with Crippen molar-refractivity contribution >= 4 is 5.97 Å². The van der Waals surface area contributed by atoms with E-state index in [-0.39, 0.29) is 0 Å². The minimum Gasteiger partial charge on any atom is -0.395 e. The normalized spacial score (nSPS) is 16.8. The van der Waals surface area contributed by atoms with Crippen LogP contribution in [0.5, 0.6) is 0 Å². The van der Waals surface area contributed by atoms with Gasteiger partial charge in [0.05, 0.1) is 30.9 Å². The Hall–Kier alpha value is -1.51. The molecule has 118 valence electrons. The Morgan fingerprint density at radius 3 is 2.33 bits per heavy atom. The number of benzene rings is 1. The van der Waals surface area contributed by atoms with Crippen molar-refractivity contribution in [2.24, 2.45) is 5.92 Å². The average Bonchev–Trinajstić information content (AvgIpc) is 2.54. The molecular formula is C14H21NO6. The van der Waals surface area contributed by atoms with Crippen LogP contribution in [0, 0.1) is 5.92 Å². The van der Waals surface area contributed by atoms with Crippen LogP contribution < -0.4 is 5.48 Å². The van der Waals surface area contributed by atoms with E-state index < -0.39 is 43.4 Å². The fourth-order valence-corrected chi connectivity index (χ4v) is 1.77. The molecule has 1 aromatic carbocycles. The lowest BCUT2D eigenvalue weighted by Gasteiger charge is -2.28. The first-order valence-corrected chi connectivity index (χ1v) is 6.60. The molecule has 0 heterocycles. The highest BCUT2D eigenvalue weighted by Crippen LogP contribution is 2.13. The van der Waals surface area contributed by atoms with Gasteiger partial charge in [0.2, 0.25) is 0 Å². The molecule has 0 saturated carbocycles. The Morgan fingerprint density at radius 2 is 1.81 bits per heavy atom. The first kappa shape index (κ1) is 17.5. The Balaban J connectivity index is 2.56. The maximum absolute atomic E-state index is 11.7. The molecule has 21 heavy (non-hydrogen) atoms. The minimum absolute atomic E-state index is 0.338. The number of hydroxylamine groups is 1.